The second-order valence-corrected chi connectivity index (χ2v) is 4.97. The monoisotopic (exact) mass is 249 g/mol. The van der Waals surface area contributed by atoms with Crippen molar-refractivity contribution in [2.24, 2.45) is 7.05 Å². The molecule has 5 nitrogen and oxygen atoms in total. The maximum atomic E-state index is 12.4. The Morgan fingerprint density at radius 3 is 2.78 bits per heavy atom. The first-order valence-electron chi connectivity index (χ1n) is 6.29. The Bertz CT molecular complexity index is 479. The lowest BCUT2D eigenvalue weighted by Crippen LogP contribution is -2.36. The second-order valence-electron chi connectivity index (χ2n) is 4.97. The zero-order chi connectivity index (χ0) is 13.3. The minimum absolute atomic E-state index is 0.00403. The summed E-state index contributed by atoms with van der Waals surface area (Å²) in [4.78, 5) is 25.5. The molecule has 1 saturated heterocycles. The summed E-state index contributed by atoms with van der Waals surface area (Å²) in [7, 11) is 1.82. The van der Waals surface area contributed by atoms with Crippen molar-refractivity contribution in [3.8, 4) is 0 Å². The molecule has 1 aliphatic rings. The first-order chi connectivity index (χ1) is 8.50. The molecule has 1 atom stereocenters. The van der Waals surface area contributed by atoms with Gasteiger partial charge in [0.25, 0.3) is 5.91 Å². The number of hydrogen-bond acceptors (Lipinski definition) is 3. The van der Waals surface area contributed by atoms with Gasteiger partial charge in [0.05, 0.1) is 11.8 Å². The van der Waals surface area contributed by atoms with Crippen LogP contribution in [0.15, 0.2) is 6.20 Å². The summed E-state index contributed by atoms with van der Waals surface area (Å²) in [5.74, 6) is 0.145. The Hall–Kier alpha value is -1.65. The molecule has 2 rings (SSSR count). The molecule has 1 amide bonds. The summed E-state index contributed by atoms with van der Waals surface area (Å²) in [6, 6.07) is 0.0645. The number of ketones is 1. The lowest BCUT2D eigenvalue weighted by Gasteiger charge is -2.23. The van der Waals surface area contributed by atoms with Gasteiger partial charge < -0.3 is 4.90 Å². The van der Waals surface area contributed by atoms with Gasteiger partial charge in [-0.3, -0.25) is 14.3 Å². The van der Waals surface area contributed by atoms with E-state index in [1.807, 2.05) is 18.9 Å². The zero-order valence-electron chi connectivity index (χ0n) is 11.1. The van der Waals surface area contributed by atoms with Crippen LogP contribution in [0.4, 0.5) is 0 Å². The van der Waals surface area contributed by atoms with Crippen molar-refractivity contribution in [2.75, 3.05) is 6.54 Å². The first-order valence-corrected chi connectivity index (χ1v) is 6.29. The Morgan fingerprint density at radius 1 is 1.50 bits per heavy atom. The lowest BCUT2D eigenvalue weighted by atomic mass is 10.1. The quantitative estimate of drug-likeness (QED) is 0.811. The number of nitrogens with zero attached hydrogens (tertiary/aromatic N) is 3. The van der Waals surface area contributed by atoms with Crippen molar-refractivity contribution in [3.05, 3.63) is 17.5 Å². The van der Waals surface area contributed by atoms with E-state index in [9.17, 15) is 9.59 Å². The van der Waals surface area contributed by atoms with Crippen molar-refractivity contribution in [2.45, 2.75) is 39.2 Å². The van der Waals surface area contributed by atoms with Crippen molar-refractivity contribution in [1.82, 2.24) is 14.7 Å². The third-order valence-electron chi connectivity index (χ3n) is 3.63. The highest BCUT2D eigenvalue weighted by molar-refractivity contribution is 5.95. The fraction of sp³-hybridized carbons (Fsp3) is 0.615. The normalized spacial score (nSPS) is 19.3. The number of likely N-dealkylation sites (tertiary alicyclic amines) is 1. The molecule has 0 bridgehead atoms. The number of aromatic nitrogens is 2. The summed E-state index contributed by atoms with van der Waals surface area (Å²) in [5, 5.41) is 4.10. The van der Waals surface area contributed by atoms with Crippen molar-refractivity contribution in [3.63, 3.8) is 0 Å². The minimum atomic E-state index is 0.00403. The van der Waals surface area contributed by atoms with E-state index in [1.165, 1.54) is 0 Å². The molecule has 0 aliphatic carbocycles. The van der Waals surface area contributed by atoms with Crippen LogP contribution in [-0.4, -0.2) is 39.0 Å². The standard InChI is InChI=1S/C13H19N3O2/c1-9(17)7-11-5-4-6-16(11)13(18)12-8-14-15(3)10(12)2/h8,11H,4-7H2,1-3H3. The van der Waals surface area contributed by atoms with Crippen LogP contribution in [0.25, 0.3) is 0 Å². The smallest absolute Gasteiger partial charge is 0.257 e. The molecule has 1 unspecified atom stereocenters. The van der Waals surface area contributed by atoms with E-state index in [4.69, 9.17) is 0 Å². The molecule has 5 heteroatoms. The molecule has 0 N–H and O–H groups in total. The maximum Gasteiger partial charge on any atom is 0.257 e. The number of rotatable bonds is 3. The van der Waals surface area contributed by atoms with Crippen LogP contribution in [0.2, 0.25) is 0 Å². The maximum absolute atomic E-state index is 12.4. The van der Waals surface area contributed by atoms with Crippen LogP contribution in [0, 0.1) is 6.92 Å². The van der Waals surface area contributed by atoms with Crippen LogP contribution in [0.1, 0.15) is 42.2 Å². The highest BCUT2D eigenvalue weighted by Crippen LogP contribution is 2.23. The predicted molar refractivity (Wildman–Crippen MR) is 67.3 cm³/mol. The van der Waals surface area contributed by atoms with Gasteiger partial charge in [0.1, 0.15) is 5.78 Å². The van der Waals surface area contributed by atoms with Gasteiger partial charge in [-0.05, 0) is 26.7 Å². The molecular formula is C13H19N3O2. The molecular weight excluding hydrogens is 230 g/mol. The Balaban J connectivity index is 2.18. The number of carbonyl (C=O) groups excluding carboxylic acids is 2. The molecule has 0 saturated carbocycles. The molecule has 1 aromatic heterocycles. The van der Waals surface area contributed by atoms with Crippen molar-refractivity contribution >= 4 is 11.7 Å². The molecule has 0 radical (unpaired) electrons. The van der Waals surface area contributed by atoms with Crippen LogP contribution in [-0.2, 0) is 11.8 Å². The lowest BCUT2D eigenvalue weighted by molar-refractivity contribution is -0.117. The van der Waals surface area contributed by atoms with Gasteiger partial charge >= 0.3 is 0 Å². The molecule has 2 heterocycles. The van der Waals surface area contributed by atoms with E-state index in [0.717, 1.165) is 25.1 Å². The van der Waals surface area contributed by atoms with Crippen LogP contribution in [0.5, 0.6) is 0 Å². The molecule has 98 valence electrons. The number of hydrogen-bond donors (Lipinski definition) is 0. The van der Waals surface area contributed by atoms with Crippen LogP contribution < -0.4 is 0 Å². The fourth-order valence-electron chi connectivity index (χ4n) is 2.51. The zero-order valence-corrected chi connectivity index (χ0v) is 11.1. The number of Topliss-reactive ketones (excluding diaryl/α,β-unsaturated/α-hetero) is 1. The molecule has 18 heavy (non-hydrogen) atoms. The van der Waals surface area contributed by atoms with E-state index in [1.54, 1.807) is 17.8 Å². The van der Waals surface area contributed by atoms with Crippen LogP contribution in [0.3, 0.4) is 0 Å². The van der Waals surface area contributed by atoms with Crippen molar-refractivity contribution < 1.29 is 9.59 Å². The van der Waals surface area contributed by atoms with Crippen molar-refractivity contribution in [1.29, 1.82) is 0 Å². The SMILES string of the molecule is CC(=O)CC1CCCN1C(=O)c1cnn(C)c1C. The van der Waals surface area contributed by atoms with Gasteiger partial charge in [-0.15, -0.1) is 0 Å². The number of carbonyl (C=O) groups is 2. The van der Waals surface area contributed by atoms with Gasteiger partial charge in [0, 0.05) is 31.7 Å². The summed E-state index contributed by atoms with van der Waals surface area (Å²) >= 11 is 0. The van der Waals surface area contributed by atoms with E-state index < -0.39 is 0 Å². The number of amides is 1. The highest BCUT2D eigenvalue weighted by atomic mass is 16.2. The second kappa shape index (κ2) is 4.92. The predicted octanol–water partition coefficient (Wildman–Crippen LogP) is 1.31. The average molecular weight is 249 g/mol. The molecule has 0 aromatic carbocycles. The first kappa shape index (κ1) is 12.8. The summed E-state index contributed by atoms with van der Waals surface area (Å²) in [5.41, 5.74) is 1.52. The number of aryl methyl sites for hydroxylation is 1. The third kappa shape index (κ3) is 2.30. The van der Waals surface area contributed by atoms with Gasteiger partial charge in [-0.2, -0.15) is 5.10 Å². The topological polar surface area (TPSA) is 55.2 Å². The van der Waals surface area contributed by atoms with Crippen LogP contribution >= 0.6 is 0 Å². The Labute approximate surface area is 107 Å². The molecule has 1 fully saturated rings. The van der Waals surface area contributed by atoms with Gasteiger partial charge in [0.15, 0.2) is 0 Å². The summed E-state index contributed by atoms with van der Waals surface area (Å²) < 4.78 is 1.70. The third-order valence-corrected chi connectivity index (χ3v) is 3.63. The van der Waals surface area contributed by atoms with E-state index in [0.29, 0.717) is 12.0 Å². The highest BCUT2D eigenvalue weighted by Gasteiger charge is 2.31. The van der Waals surface area contributed by atoms with Gasteiger partial charge in [-0.25, -0.2) is 0 Å². The van der Waals surface area contributed by atoms with Gasteiger partial charge in [0.2, 0.25) is 0 Å². The Kier molecular flexibility index (Phi) is 3.50. The van der Waals surface area contributed by atoms with E-state index >= 15 is 0 Å². The molecule has 1 aromatic rings. The molecule has 0 spiro atoms. The minimum Gasteiger partial charge on any atom is -0.335 e. The summed E-state index contributed by atoms with van der Waals surface area (Å²) in [6.45, 7) is 4.21. The van der Waals surface area contributed by atoms with Gasteiger partial charge in [-0.1, -0.05) is 0 Å². The molecule has 1 aliphatic heterocycles. The Morgan fingerprint density at radius 2 is 2.22 bits per heavy atom. The average Bonchev–Trinajstić information content (AvgIpc) is 2.87. The fourth-order valence-corrected chi connectivity index (χ4v) is 2.51. The van der Waals surface area contributed by atoms with E-state index in [-0.39, 0.29) is 17.7 Å². The summed E-state index contributed by atoms with van der Waals surface area (Å²) in [6.07, 6.45) is 3.97. The van der Waals surface area contributed by atoms with E-state index in [2.05, 4.69) is 5.10 Å². The largest absolute Gasteiger partial charge is 0.335 e.